The van der Waals surface area contributed by atoms with E-state index >= 15 is 0 Å². The lowest BCUT2D eigenvalue weighted by molar-refractivity contribution is -0.385. The third-order valence-corrected chi connectivity index (χ3v) is 3.89. The largest absolute Gasteiger partial charge is 0.482 e. The van der Waals surface area contributed by atoms with E-state index in [2.05, 4.69) is 26.0 Å². The molecule has 0 saturated heterocycles. The molecule has 0 radical (unpaired) electrons. The number of carbonyl (C=O) groups excluding carboxylic acids is 1. The predicted molar refractivity (Wildman–Crippen MR) is 91.8 cm³/mol. The van der Waals surface area contributed by atoms with Gasteiger partial charge in [-0.3, -0.25) is 14.9 Å². The van der Waals surface area contributed by atoms with E-state index in [0.717, 1.165) is 6.07 Å². The number of halogens is 5. The molecule has 0 bridgehead atoms. The first-order valence-corrected chi connectivity index (χ1v) is 7.98. The van der Waals surface area contributed by atoms with E-state index in [1.54, 1.807) is 0 Å². The van der Waals surface area contributed by atoms with Crippen molar-refractivity contribution in [2.45, 2.75) is 6.18 Å². The second-order valence-corrected chi connectivity index (χ2v) is 6.21. The molecule has 0 aliphatic rings. The van der Waals surface area contributed by atoms with Crippen LogP contribution in [0.15, 0.2) is 40.9 Å². The maximum absolute atomic E-state index is 12.3. The summed E-state index contributed by atoms with van der Waals surface area (Å²) in [4.78, 5) is 22.5. The molecule has 1 amide bonds. The number of ether oxygens (including phenoxy) is 1. The molecule has 0 atom stereocenters. The van der Waals surface area contributed by atoms with Crippen LogP contribution in [0.4, 0.5) is 24.5 Å². The van der Waals surface area contributed by atoms with Crippen molar-refractivity contribution < 1.29 is 27.6 Å². The molecule has 26 heavy (non-hydrogen) atoms. The number of rotatable bonds is 5. The zero-order valence-electron chi connectivity index (χ0n) is 12.6. The topological polar surface area (TPSA) is 81.5 Å². The van der Waals surface area contributed by atoms with E-state index in [0.29, 0.717) is 0 Å². The lowest BCUT2D eigenvalue weighted by Gasteiger charge is -2.14. The molecule has 0 saturated carbocycles. The standard InChI is InChI=1S/C15H9BrClF3N2O4/c16-10-3-1-8(5-12(10)22(24)25)14(23)21-11-6-9(17)2-4-13(11)26-7-15(18,19)20/h1-6H,7H2,(H,21,23). The van der Waals surface area contributed by atoms with Gasteiger partial charge in [-0.05, 0) is 46.3 Å². The van der Waals surface area contributed by atoms with E-state index in [-0.39, 0.29) is 32.2 Å². The quantitative estimate of drug-likeness (QED) is 0.498. The maximum atomic E-state index is 12.3. The summed E-state index contributed by atoms with van der Waals surface area (Å²) >= 11 is 8.79. The van der Waals surface area contributed by atoms with Crippen LogP contribution in [0.3, 0.4) is 0 Å². The van der Waals surface area contributed by atoms with Crippen molar-refractivity contribution in [3.63, 3.8) is 0 Å². The van der Waals surface area contributed by atoms with Crippen molar-refractivity contribution in [3.05, 3.63) is 61.6 Å². The van der Waals surface area contributed by atoms with E-state index in [1.165, 1.54) is 30.3 Å². The number of alkyl halides is 3. The Morgan fingerprint density at radius 1 is 1.27 bits per heavy atom. The number of carbonyl (C=O) groups is 1. The molecule has 0 heterocycles. The zero-order chi connectivity index (χ0) is 19.5. The Kier molecular flexibility index (Phi) is 6.09. The summed E-state index contributed by atoms with van der Waals surface area (Å²) in [6.07, 6.45) is -4.56. The molecule has 2 aromatic rings. The van der Waals surface area contributed by atoms with E-state index < -0.39 is 23.6 Å². The van der Waals surface area contributed by atoms with Gasteiger partial charge in [-0.1, -0.05) is 11.6 Å². The smallest absolute Gasteiger partial charge is 0.422 e. The number of nitro groups is 1. The highest BCUT2D eigenvalue weighted by Crippen LogP contribution is 2.31. The van der Waals surface area contributed by atoms with Crippen molar-refractivity contribution in [2.75, 3.05) is 11.9 Å². The number of benzene rings is 2. The van der Waals surface area contributed by atoms with Gasteiger partial charge in [-0.25, -0.2) is 0 Å². The van der Waals surface area contributed by atoms with Crippen LogP contribution in [0.1, 0.15) is 10.4 Å². The summed E-state index contributed by atoms with van der Waals surface area (Å²) in [5, 5.41) is 13.4. The van der Waals surface area contributed by atoms with E-state index in [4.69, 9.17) is 11.6 Å². The summed E-state index contributed by atoms with van der Waals surface area (Å²) in [6, 6.07) is 7.33. The molecule has 6 nitrogen and oxygen atoms in total. The minimum absolute atomic E-state index is 0.0679. The lowest BCUT2D eigenvalue weighted by atomic mass is 10.2. The predicted octanol–water partition coefficient (Wildman–Crippen LogP) is 5.20. The Bertz CT molecular complexity index is 861. The van der Waals surface area contributed by atoms with Gasteiger partial charge in [0.2, 0.25) is 0 Å². The fourth-order valence-electron chi connectivity index (χ4n) is 1.87. The van der Waals surface area contributed by atoms with E-state index in [1.807, 2.05) is 0 Å². The van der Waals surface area contributed by atoms with Gasteiger partial charge < -0.3 is 10.1 Å². The second-order valence-electron chi connectivity index (χ2n) is 4.92. The number of nitrogens with zero attached hydrogens (tertiary/aromatic N) is 1. The van der Waals surface area contributed by atoms with Crippen LogP contribution in [0, 0.1) is 10.1 Å². The average Bonchev–Trinajstić information content (AvgIpc) is 2.53. The number of hydrogen-bond donors (Lipinski definition) is 1. The van der Waals surface area contributed by atoms with Crippen molar-refractivity contribution in [1.82, 2.24) is 0 Å². The van der Waals surface area contributed by atoms with Gasteiger partial charge in [0.15, 0.2) is 6.61 Å². The van der Waals surface area contributed by atoms with Gasteiger partial charge in [-0.2, -0.15) is 13.2 Å². The first-order valence-electron chi connectivity index (χ1n) is 6.81. The van der Waals surface area contributed by atoms with E-state index in [9.17, 15) is 28.1 Å². The molecular formula is C15H9BrClF3N2O4. The number of amides is 1. The molecule has 1 N–H and O–H groups in total. The molecule has 0 unspecified atom stereocenters. The fourth-order valence-corrected chi connectivity index (χ4v) is 2.44. The monoisotopic (exact) mass is 452 g/mol. The van der Waals surface area contributed by atoms with Gasteiger partial charge >= 0.3 is 6.18 Å². The van der Waals surface area contributed by atoms with Crippen LogP contribution >= 0.6 is 27.5 Å². The highest BCUT2D eigenvalue weighted by molar-refractivity contribution is 9.10. The molecular weight excluding hydrogens is 445 g/mol. The Hall–Kier alpha value is -2.33. The SMILES string of the molecule is O=C(Nc1cc(Cl)ccc1OCC(F)(F)F)c1ccc(Br)c([N+](=O)[O-])c1. The Labute approximate surface area is 158 Å². The lowest BCUT2D eigenvalue weighted by Crippen LogP contribution is -2.20. The first-order chi connectivity index (χ1) is 12.1. The van der Waals surface area contributed by atoms with Gasteiger partial charge in [0.05, 0.1) is 15.1 Å². The molecule has 2 aromatic carbocycles. The molecule has 0 aromatic heterocycles. The molecule has 138 valence electrons. The van der Waals surface area contributed by atoms with Crippen LogP contribution in [0.25, 0.3) is 0 Å². The molecule has 0 aliphatic carbocycles. The highest BCUT2D eigenvalue weighted by atomic mass is 79.9. The average molecular weight is 454 g/mol. The van der Waals surface area contributed by atoms with Crippen LogP contribution in [0.2, 0.25) is 5.02 Å². The third kappa shape index (κ3) is 5.33. The van der Waals surface area contributed by atoms with Crippen molar-refractivity contribution >= 4 is 44.8 Å². The summed E-state index contributed by atoms with van der Waals surface area (Å²) in [7, 11) is 0. The summed E-state index contributed by atoms with van der Waals surface area (Å²) in [5.41, 5.74) is -0.503. The van der Waals surface area contributed by atoms with Crippen molar-refractivity contribution in [3.8, 4) is 5.75 Å². The normalized spacial score (nSPS) is 11.1. The Morgan fingerprint density at radius 3 is 2.58 bits per heavy atom. The molecule has 11 heteroatoms. The van der Waals surface area contributed by atoms with Crippen LogP contribution in [-0.2, 0) is 0 Å². The summed E-state index contributed by atoms with van der Waals surface area (Å²) in [5.74, 6) is -1.02. The molecule has 0 aliphatic heterocycles. The maximum Gasteiger partial charge on any atom is 0.422 e. The Balaban J connectivity index is 2.27. The van der Waals surface area contributed by atoms with Gasteiger partial charge in [-0.15, -0.1) is 0 Å². The van der Waals surface area contributed by atoms with Crippen molar-refractivity contribution in [1.29, 1.82) is 0 Å². The summed E-state index contributed by atoms with van der Waals surface area (Å²) in [6.45, 7) is -1.55. The molecule has 0 spiro atoms. The summed E-state index contributed by atoms with van der Waals surface area (Å²) < 4.78 is 41.8. The Morgan fingerprint density at radius 2 is 1.96 bits per heavy atom. The first kappa shape index (κ1) is 20.0. The van der Waals surface area contributed by atoms with Gasteiger partial charge in [0.1, 0.15) is 5.75 Å². The molecule has 0 fully saturated rings. The van der Waals surface area contributed by atoms with Crippen LogP contribution in [0.5, 0.6) is 5.75 Å². The van der Waals surface area contributed by atoms with Gasteiger partial charge in [0.25, 0.3) is 11.6 Å². The number of nitro benzene ring substituents is 1. The van der Waals surface area contributed by atoms with Gasteiger partial charge in [0, 0.05) is 16.7 Å². The second kappa shape index (κ2) is 7.92. The highest BCUT2D eigenvalue weighted by Gasteiger charge is 2.29. The number of nitrogens with one attached hydrogen (secondary N) is 1. The number of anilines is 1. The molecule has 2 rings (SSSR count). The fraction of sp³-hybridized carbons (Fsp3) is 0.133. The van der Waals surface area contributed by atoms with Crippen LogP contribution < -0.4 is 10.1 Å². The number of hydrogen-bond acceptors (Lipinski definition) is 4. The van der Waals surface area contributed by atoms with Crippen LogP contribution in [-0.4, -0.2) is 23.6 Å². The zero-order valence-corrected chi connectivity index (χ0v) is 15.0. The third-order valence-electron chi connectivity index (χ3n) is 2.99. The van der Waals surface area contributed by atoms with Crippen molar-refractivity contribution in [2.24, 2.45) is 0 Å². The minimum Gasteiger partial charge on any atom is -0.482 e. The minimum atomic E-state index is -4.56.